The number of para-hydroxylation sites is 1. The van der Waals surface area contributed by atoms with Crippen LogP contribution in [0.15, 0.2) is 42.5 Å². The molecule has 5 heteroatoms. The van der Waals surface area contributed by atoms with E-state index < -0.39 is 0 Å². The van der Waals surface area contributed by atoms with Gasteiger partial charge in [-0.15, -0.1) is 0 Å². The minimum absolute atomic E-state index is 0.521. The lowest BCUT2D eigenvalue weighted by molar-refractivity contribution is 0.310. The second kappa shape index (κ2) is 8.07. The molecule has 0 radical (unpaired) electrons. The van der Waals surface area contributed by atoms with E-state index in [2.05, 4.69) is 22.3 Å². The molecule has 1 aliphatic rings. The Bertz CT molecular complexity index is 757. The molecule has 2 aromatic rings. The molecule has 0 amide bonds. The Hall–Kier alpha value is -1.78. The number of nitrogens with one attached hydrogen (secondary N) is 1. The van der Waals surface area contributed by atoms with Crippen LogP contribution in [0.25, 0.3) is 0 Å². The molecule has 0 unspecified atom stereocenters. The highest BCUT2D eigenvalue weighted by Gasteiger charge is 2.24. The fourth-order valence-electron chi connectivity index (χ4n) is 3.36. The fourth-order valence-corrected chi connectivity index (χ4v) is 3.88. The first-order chi connectivity index (χ1) is 12.1. The summed E-state index contributed by atoms with van der Waals surface area (Å²) < 4.78 is 5.51. The van der Waals surface area contributed by atoms with Crippen molar-refractivity contribution in [1.82, 2.24) is 4.90 Å². The molecule has 1 N–H and O–H groups in total. The molecule has 2 aromatic carbocycles. The Kier molecular flexibility index (Phi) is 5.82. The number of nitrogens with zero attached hydrogens (tertiary/aromatic N) is 1. The molecule has 1 heterocycles. The van der Waals surface area contributed by atoms with Gasteiger partial charge >= 0.3 is 0 Å². The average molecular weight is 375 g/mol. The zero-order valence-electron chi connectivity index (χ0n) is 14.6. The number of ether oxygens (including phenoxy) is 1. The van der Waals surface area contributed by atoms with Crippen LogP contribution in [-0.4, -0.2) is 30.2 Å². The molecule has 0 atom stereocenters. The molecular formula is C20H23ClN2OS. The molecule has 0 bridgehead atoms. The standard InChI is InChI=1S/C20H23ClN2OS/c1-14-13-16(21)7-8-18(14)22-20(25)23-11-9-15(10-12-23)17-5-3-4-6-19(17)24-2/h3-8,13,15H,9-12H2,1-2H3,(H,22,25). The predicted molar refractivity (Wildman–Crippen MR) is 109 cm³/mol. The Morgan fingerprint density at radius 2 is 1.92 bits per heavy atom. The molecule has 0 aliphatic carbocycles. The van der Waals surface area contributed by atoms with Gasteiger partial charge < -0.3 is 15.0 Å². The van der Waals surface area contributed by atoms with Gasteiger partial charge in [-0.2, -0.15) is 0 Å². The van der Waals surface area contributed by atoms with E-state index >= 15 is 0 Å². The second-order valence-corrected chi connectivity index (χ2v) is 7.22. The number of hydrogen-bond donors (Lipinski definition) is 1. The molecule has 1 aliphatic heterocycles. The van der Waals surface area contributed by atoms with Gasteiger partial charge in [-0.1, -0.05) is 29.8 Å². The van der Waals surface area contributed by atoms with Gasteiger partial charge in [0.2, 0.25) is 0 Å². The van der Waals surface area contributed by atoms with Crippen molar-refractivity contribution in [1.29, 1.82) is 0 Å². The summed E-state index contributed by atoms with van der Waals surface area (Å²) >= 11 is 11.6. The zero-order chi connectivity index (χ0) is 17.8. The van der Waals surface area contributed by atoms with Crippen LogP contribution in [0.1, 0.15) is 29.9 Å². The molecule has 0 saturated carbocycles. The summed E-state index contributed by atoms with van der Waals surface area (Å²) in [6.07, 6.45) is 2.14. The monoisotopic (exact) mass is 374 g/mol. The predicted octanol–water partition coefficient (Wildman–Crippen LogP) is 5.23. The number of methoxy groups -OCH3 is 1. The fraction of sp³-hybridized carbons (Fsp3) is 0.350. The molecule has 132 valence electrons. The van der Waals surface area contributed by atoms with Gasteiger partial charge in [-0.3, -0.25) is 0 Å². The third kappa shape index (κ3) is 4.25. The van der Waals surface area contributed by atoms with Crippen LogP contribution < -0.4 is 10.1 Å². The lowest BCUT2D eigenvalue weighted by atomic mass is 9.89. The molecule has 3 nitrogen and oxygen atoms in total. The van der Waals surface area contributed by atoms with E-state index in [1.54, 1.807) is 7.11 Å². The Morgan fingerprint density at radius 1 is 1.20 bits per heavy atom. The van der Waals surface area contributed by atoms with Crippen molar-refractivity contribution in [2.24, 2.45) is 0 Å². The number of piperidine rings is 1. The van der Waals surface area contributed by atoms with E-state index in [9.17, 15) is 0 Å². The average Bonchev–Trinajstić information content (AvgIpc) is 2.64. The molecule has 3 rings (SSSR count). The Labute approximate surface area is 159 Å². The van der Waals surface area contributed by atoms with Gasteiger partial charge in [0, 0.05) is 23.8 Å². The van der Waals surface area contributed by atoms with Crippen molar-refractivity contribution < 1.29 is 4.74 Å². The van der Waals surface area contributed by atoms with E-state index in [4.69, 9.17) is 28.6 Å². The first-order valence-electron chi connectivity index (χ1n) is 8.53. The highest BCUT2D eigenvalue weighted by Crippen LogP contribution is 2.34. The first-order valence-corrected chi connectivity index (χ1v) is 9.32. The van der Waals surface area contributed by atoms with Crippen LogP contribution in [0.5, 0.6) is 5.75 Å². The number of aryl methyl sites for hydroxylation is 1. The third-order valence-electron chi connectivity index (χ3n) is 4.79. The van der Waals surface area contributed by atoms with Gasteiger partial charge in [0.15, 0.2) is 5.11 Å². The Morgan fingerprint density at radius 3 is 2.60 bits per heavy atom. The van der Waals surface area contributed by atoms with Gasteiger partial charge in [-0.05, 0) is 73.3 Å². The molecule has 25 heavy (non-hydrogen) atoms. The molecule has 1 fully saturated rings. The van der Waals surface area contributed by atoms with Crippen LogP contribution in [0, 0.1) is 6.92 Å². The number of likely N-dealkylation sites (tertiary alicyclic amines) is 1. The van der Waals surface area contributed by atoms with Crippen LogP contribution in [-0.2, 0) is 0 Å². The van der Waals surface area contributed by atoms with E-state index in [0.717, 1.165) is 53.1 Å². The van der Waals surface area contributed by atoms with Crippen molar-refractivity contribution in [3.63, 3.8) is 0 Å². The summed E-state index contributed by atoms with van der Waals surface area (Å²) in [6, 6.07) is 14.1. The summed E-state index contributed by atoms with van der Waals surface area (Å²) in [6.45, 7) is 3.92. The highest BCUT2D eigenvalue weighted by molar-refractivity contribution is 7.80. The molecule has 1 saturated heterocycles. The maximum atomic E-state index is 6.02. The van der Waals surface area contributed by atoms with Crippen molar-refractivity contribution >= 4 is 34.6 Å². The number of hydrogen-bond acceptors (Lipinski definition) is 2. The van der Waals surface area contributed by atoms with E-state index in [1.807, 2.05) is 37.3 Å². The van der Waals surface area contributed by atoms with Crippen molar-refractivity contribution in [3.8, 4) is 5.75 Å². The number of anilines is 1. The van der Waals surface area contributed by atoms with Crippen LogP contribution in [0.3, 0.4) is 0 Å². The Balaban J connectivity index is 1.61. The summed E-state index contributed by atoms with van der Waals surface area (Å²) in [4.78, 5) is 2.25. The van der Waals surface area contributed by atoms with E-state index in [0.29, 0.717) is 5.92 Å². The SMILES string of the molecule is COc1ccccc1C1CCN(C(=S)Nc2ccc(Cl)cc2C)CC1. The van der Waals surface area contributed by atoms with E-state index in [1.165, 1.54) is 5.56 Å². The van der Waals surface area contributed by atoms with Crippen LogP contribution in [0.2, 0.25) is 5.02 Å². The minimum atomic E-state index is 0.521. The number of benzene rings is 2. The lowest BCUT2D eigenvalue weighted by Crippen LogP contribution is -2.40. The number of rotatable bonds is 3. The van der Waals surface area contributed by atoms with Gasteiger partial charge in [-0.25, -0.2) is 0 Å². The summed E-state index contributed by atoms with van der Waals surface area (Å²) in [5.74, 6) is 1.51. The maximum Gasteiger partial charge on any atom is 0.173 e. The maximum absolute atomic E-state index is 6.02. The highest BCUT2D eigenvalue weighted by atomic mass is 35.5. The second-order valence-electron chi connectivity index (χ2n) is 6.39. The summed E-state index contributed by atoms with van der Waals surface area (Å²) in [5.41, 5.74) is 3.41. The topological polar surface area (TPSA) is 24.5 Å². The quantitative estimate of drug-likeness (QED) is 0.743. The zero-order valence-corrected chi connectivity index (χ0v) is 16.2. The summed E-state index contributed by atoms with van der Waals surface area (Å²) in [5, 5.41) is 4.88. The molecule has 0 spiro atoms. The van der Waals surface area contributed by atoms with Gasteiger partial charge in [0.05, 0.1) is 7.11 Å². The smallest absolute Gasteiger partial charge is 0.173 e. The van der Waals surface area contributed by atoms with Gasteiger partial charge in [0.1, 0.15) is 5.75 Å². The summed E-state index contributed by atoms with van der Waals surface area (Å²) in [7, 11) is 1.74. The van der Waals surface area contributed by atoms with Crippen LogP contribution in [0.4, 0.5) is 5.69 Å². The number of halogens is 1. The van der Waals surface area contributed by atoms with Crippen molar-refractivity contribution in [2.75, 3.05) is 25.5 Å². The van der Waals surface area contributed by atoms with Crippen molar-refractivity contribution in [3.05, 3.63) is 58.6 Å². The van der Waals surface area contributed by atoms with Crippen LogP contribution >= 0.6 is 23.8 Å². The normalized spacial score (nSPS) is 15.1. The lowest BCUT2D eigenvalue weighted by Gasteiger charge is -2.34. The molecule has 0 aromatic heterocycles. The third-order valence-corrected chi connectivity index (χ3v) is 5.39. The first kappa shape index (κ1) is 18.0. The van der Waals surface area contributed by atoms with Crippen molar-refractivity contribution in [2.45, 2.75) is 25.7 Å². The largest absolute Gasteiger partial charge is 0.496 e. The van der Waals surface area contributed by atoms with E-state index in [-0.39, 0.29) is 0 Å². The number of thiocarbonyl (C=S) groups is 1. The minimum Gasteiger partial charge on any atom is -0.496 e. The molecular weight excluding hydrogens is 352 g/mol. The van der Waals surface area contributed by atoms with Gasteiger partial charge in [0.25, 0.3) is 0 Å².